The van der Waals surface area contributed by atoms with Crippen LogP contribution in [-0.2, 0) is 0 Å². The number of benzene rings is 1. The largest absolute Gasteiger partial charge is 0.0847 e. The highest BCUT2D eigenvalue weighted by Crippen LogP contribution is 2.07. The zero-order chi connectivity index (χ0) is 9.68. The Balaban J connectivity index is 2.80. The second kappa shape index (κ2) is 4.66. The van der Waals surface area contributed by atoms with Crippen molar-refractivity contribution < 1.29 is 0 Å². The number of aryl methyl sites for hydroxylation is 1. The molecule has 68 valence electrons. The molecule has 0 amide bonds. The number of rotatable bonds is 2. The van der Waals surface area contributed by atoms with Crippen LogP contribution >= 0.6 is 0 Å². The van der Waals surface area contributed by atoms with Crippen LogP contribution < -0.4 is 0 Å². The summed E-state index contributed by atoms with van der Waals surface area (Å²) in [7, 11) is 0. The van der Waals surface area contributed by atoms with Crippen LogP contribution in [0.15, 0.2) is 42.0 Å². The van der Waals surface area contributed by atoms with E-state index in [1.807, 2.05) is 0 Å². The third kappa shape index (κ3) is 3.29. The first kappa shape index (κ1) is 9.79. The fraction of sp³-hybridized carbons (Fsp3) is 0.231. The molecule has 1 aromatic rings. The van der Waals surface area contributed by atoms with E-state index in [-0.39, 0.29) is 0 Å². The molecule has 0 spiro atoms. The maximum Gasteiger partial charge on any atom is -0.0254 e. The highest BCUT2D eigenvalue weighted by molar-refractivity contribution is 5.53. The van der Waals surface area contributed by atoms with E-state index in [4.69, 9.17) is 0 Å². The third-order valence-corrected chi connectivity index (χ3v) is 2.04. The fourth-order valence-corrected chi connectivity index (χ4v) is 1.10. The van der Waals surface area contributed by atoms with Gasteiger partial charge in [-0.15, -0.1) is 0 Å². The van der Waals surface area contributed by atoms with Gasteiger partial charge in [-0.25, -0.2) is 0 Å². The lowest BCUT2D eigenvalue weighted by Gasteiger charge is -1.95. The Labute approximate surface area is 80.6 Å². The average molecular weight is 172 g/mol. The summed E-state index contributed by atoms with van der Waals surface area (Å²) in [4.78, 5) is 0. The van der Waals surface area contributed by atoms with Gasteiger partial charge in [0.25, 0.3) is 0 Å². The van der Waals surface area contributed by atoms with Gasteiger partial charge in [0.05, 0.1) is 0 Å². The lowest BCUT2D eigenvalue weighted by atomic mass is 10.1. The molecular formula is C13H16. The van der Waals surface area contributed by atoms with Crippen molar-refractivity contribution in [2.75, 3.05) is 0 Å². The standard InChI is InChI=1S/C13H16/c1-4-11(2)8-9-13-7-5-6-12(3)10-13/h4-10H,1-3H3/b9-8+,11-4+. The molecule has 0 nitrogen and oxygen atoms in total. The van der Waals surface area contributed by atoms with Crippen LogP contribution in [0.25, 0.3) is 6.08 Å². The molecule has 0 radical (unpaired) electrons. The van der Waals surface area contributed by atoms with E-state index in [2.05, 4.69) is 63.3 Å². The SMILES string of the molecule is C/C=C(C)/C=C/c1cccc(C)c1. The molecule has 0 heteroatoms. The summed E-state index contributed by atoms with van der Waals surface area (Å²) in [5.41, 5.74) is 3.86. The van der Waals surface area contributed by atoms with Crippen molar-refractivity contribution >= 4 is 6.08 Å². The lowest BCUT2D eigenvalue weighted by molar-refractivity contribution is 1.45. The monoisotopic (exact) mass is 172 g/mol. The van der Waals surface area contributed by atoms with Crippen molar-refractivity contribution in [3.8, 4) is 0 Å². The molecule has 0 heterocycles. The van der Waals surface area contributed by atoms with Gasteiger partial charge in [0, 0.05) is 0 Å². The van der Waals surface area contributed by atoms with E-state index in [1.54, 1.807) is 0 Å². The average Bonchev–Trinajstić information content (AvgIpc) is 2.14. The first-order valence-electron chi connectivity index (χ1n) is 4.60. The molecule has 13 heavy (non-hydrogen) atoms. The Morgan fingerprint density at radius 2 is 2.08 bits per heavy atom. The van der Waals surface area contributed by atoms with Crippen molar-refractivity contribution in [3.63, 3.8) is 0 Å². The molecule has 1 rings (SSSR count). The number of hydrogen-bond donors (Lipinski definition) is 0. The molecule has 0 saturated heterocycles. The van der Waals surface area contributed by atoms with Gasteiger partial charge in [-0.05, 0) is 26.3 Å². The lowest BCUT2D eigenvalue weighted by Crippen LogP contribution is -1.74. The molecule has 0 aromatic heterocycles. The van der Waals surface area contributed by atoms with Crippen molar-refractivity contribution in [1.29, 1.82) is 0 Å². The second-order valence-corrected chi connectivity index (χ2v) is 3.28. The zero-order valence-electron chi connectivity index (χ0n) is 8.54. The summed E-state index contributed by atoms with van der Waals surface area (Å²) in [6, 6.07) is 8.49. The predicted octanol–water partition coefficient (Wildman–Crippen LogP) is 3.97. The van der Waals surface area contributed by atoms with E-state index >= 15 is 0 Å². The molecule has 1 aromatic carbocycles. The molecule has 0 aliphatic rings. The van der Waals surface area contributed by atoms with E-state index in [0.717, 1.165) is 0 Å². The Kier molecular flexibility index (Phi) is 3.51. The Morgan fingerprint density at radius 3 is 2.69 bits per heavy atom. The third-order valence-electron chi connectivity index (χ3n) is 2.04. The predicted molar refractivity (Wildman–Crippen MR) is 59.6 cm³/mol. The molecule has 0 atom stereocenters. The van der Waals surface area contributed by atoms with Crippen LogP contribution in [0, 0.1) is 6.92 Å². The first-order chi connectivity index (χ1) is 6.22. The Morgan fingerprint density at radius 1 is 1.31 bits per heavy atom. The topological polar surface area (TPSA) is 0 Å². The maximum atomic E-state index is 2.18. The van der Waals surface area contributed by atoms with Gasteiger partial charge in [0.2, 0.25) is 0 Å². The molecule has 0 bridgehead atoms. The van der Waals surface area contributed by atoms with Gasteiger partial charge in [0.1, 0.15) is 0 Å². The smallest absolute Gasteiger partial charge is 0.0254 e. The highest BCUT2D eigenvalue weighted by atomic mass is 13.9. The fourth-order valence-electron chi connectivity index (χ4n) is 1.10. The van der Waals surface area contributed by atoms with Gasteiger partial charge < -0.3 is 0 Å². The van der Waals surface area contributed by atoms with Crippen molar-refractivity contribution in [3.05, 3.63) is 53.1 Å². The van der Waals surface area contributed by atoms with Crippen LogP contribution in [0.1, 0.15) is 25.0 Å². The molecule has 0 N–H and O–H groups in total. The highest BCUT2D eigenvalue weighted by Gasteiger charge is 1.86. The zero-order valence-corrected chi connectivity index (χ0v) is 8.54. The minimum absolute atomic E-state index is 1.27. The van der Waals surface area contributed by atoms with E-state index in [1.165, 1.54) is 16.7 Å². The minimum atomic E-state index is 1.27. The summed E-state index contributed by atoms with van der Waals surface area (Å²) < 4.78 is 0. The summed E-state index contributed by atoms with van der Waals surface area (Å²) >= 11 is 0. The molecule has 0 aliphatic heterocycles. The normalized spacial score (nSPS) is 12.4. The van der Waals surface area contributed by atoms with E-state index < -0.39 is 0 Å². The summed E-state index contributed by atoms with van der Waals surface area (Å²) in [5, 5.41) is 0. The van der Waals surface area contributed by atoms with E-state index in [9.17, 15) is 0 Å². The van der Waals surface area contributed by atoms with Crippen molar-refractivity contribution in [2.45, 2.75) is 20.8 Å². The van der Waals surface area contributed by atoms with Crippen LogP contribution in [0.5, 0.6) is 0 Å². The van der Waals surface area contributed by atoms with E-state index in [0.29, 0.717) is 0 Å². The number of hydrogen-bond acceptors (Lipinski definition) is 0. The molecule has 0 aliphatic carbocycles. The van der Waals surface area contributed by atoms with Crippen LogP contribution in [0.4, 0.5) is 0 Å². The molecular weight excluding hydrogens is 156 g/mol. The quantitative estimate of drug-likeness (QED) is 0.592. The summed E-state index contributed by atoms with van der Waals surface area (Å²) in [6.45, 7) is 6.27. The van der Waals surface area contributed by atoms with Gasteiger partial charge in [-0.2, -0.15) is 0 Å². The van der Waals surface area contributed by atoms with Gasteiger partial charge >= 0.3 is 0 Å². The van der Waals surface area contributed by atoms with Crippen LogP contribution in [0.2, 0.25) is 0 Å². The molecule has 0 saturated carbocycles. The van der Waals surface area contributed by atoms with Crippen molar-refractivity contribution in [2.24, 2.45) is 0 Å². The first-order valence-corrected chi connectivity index (χ1v) is 4.60. The van der Waals surface area contributed by atoms with Crippen LogP contribution in [0.3, 0.4) is 0 Å². The number of allylic oxidation sites excluding steroid dienone is 3. The van der Waals surface area contributed by atoms with Crippen molar-refractivity contribution in [1.82, 2.24) is 0 Å². The molecule has 0 unspecified atom stereocenters. The maximum absolute atomic E-state index is 2.18. The van der Waals surface area contributed by atoms with Gasteiger partial charge in [-0.1, -0.05) is 53.6 Å². The summed E-state index contributed by atoms with van der Waals surface area (Å²) in [5.74, 6) is 0. The minimum Gasteiger partial charge on any atom is -0.0847 e. The van der Waals surface area contributed by atoms with Gasteiger partial charge in [-0.3, -0.25) is 0 Å². The molecule has 0 fully saturated rings. The Bertz CT molecular complexity index is 330. The van der Waals surface area contributed by atoms with Gasteiger partial charge in [0.15, 0.2) is 0 Å². The Hall–Kier alpha value is -1.30. The summed E-state index contributed by atoms with van der Waals surface area (Å²) in [6.07, 6.45) is 6.38. The second-order valence-electron chi connectivity index (χ2n) is 3.28. The van der Waals surface area contributed by atoms with Crippen LogP contribution in [-0.4, -0.2) is 0 Å².